The van der Waals surface area contributed by atoms with Gasteiger partial charge in [-0.05, 0) is 48.4 Å². The number of carbonyl (C=O) groups is 1. The predicted octanol–water partition coefficient (Wildman–Crippen LogP) is 3.67. The van der Waals surface area contributed by atoms with E-state index in [1.54, 1.807) is 13.2 Å². The summed E-state index contributed by atoms with van der Waals surface area (Å²) in [5, 5.41) is 13.2. The third-order valence-corrected chi connectivity index (χ3v) is 3.93. The van der Waals surface area contributed by atoms with Crippen molar-refractivity contribution in [3.05, 3.63) is 77.5 Å². The van der Waals surface area contributed by atoms with Crippen LogP contribution in [0.2, 0.25) is 0 Å². The van der Waals surface area contributed by atoms with Crippen molar-refractivity contribution in [1.29, 1.82) is 0 Å². The van der Waals surface area contributed by atoms with Gasteiger partial charge in [0.25, 0.3) is 5.91 Å². The van der Waals surface area contributed by atoms with Gasteiger partial charge in [0.2, 0.25) is 0 Å². The summed E-state index contributed by atoms with van der Waals surface area (Å²) in [5.74, 6) is -0.921. The summed E-state index contributed by atoms with van der Waals surface area (Å²) in [4.78, 5) is 12.1. The van der Waals surface area contributed by atoms with Crippen LogP contribution < -0.4 is 15.4 Å². The highest BCUT2D eigenvalue weighted by molar-refractivity contribution is 6.02. The molecule has 1 heterocycles. The minimum atomic E-state index is -0.864. The highest BCUT2D eigenvalue weighted by Crippen LogP contribution is 2.16. The van der Waals surface area contributed by atoms with Crippen molar-refractivity contribution < 1.29 is 18.3 Å². The maximum Gasteiger partial charge on any atom is 0.276 e. The third-order valence-electron chi connectivity index (χ3n) is 3.93. The summed E-state index contributed by atoms with van der Waals surface area (Å²) in [6, 6.07) is 13.7. The molecule has 3 rings (SSSR count). The fraction of sp³-hybridized carbons (Fsp3) is 0.150. The smallest absolute Gasteiger partial charge is 0.276 e. The van der Waals surface area contributed by atoms with Gasteiger partial charge in [-0.2, -0.15) is 0 Å². The van der Waals surface area contributed by atoms with Gasteiger partial charge in [-0.15, -0.1) is 10.2 Å². The number of hydrogen-bond donors (Lipinski definition) is 2. The van der Waals surface area contributed by atoms with Crippen molar-refractivity contribution in [1.82, 2.24) is 10.2 Å². The van der Waals surface area contributed by atoms with Gasteiger partial charge in [0.15, 0.2) is 5.69 Å². The zero-order chi connectivity index (χ0) is 19.9. The number of carbonyl (C=O) groups excluding carboxylic acids is 1. The van der Waals surface area contributed by atoms with Crippen LogP contribution in [0, 0.1) is 11.6 Å². The Bertz CT molecular complexity index is 965. The lowest BCUT2D eigenvalue weighted by Crippen LogP contribution is -2.16. The van der Waals surface area contributed by atoms with E-state index in [4.69, 9.17) is 4.74 Å². The average Bonchev–Trinajstić information content (AvgIpc) is 2.71. The first-order valence-electron chi connectivity index (χ1n) is 8.52. The second kappa shape index (κ2) is 8.90. The zero-order valence-electron chi connectivity index (χ0n) is 15.1. The zero-order valence-corrected chi connectivity index (χ0v) is 15.1. The summed E-state index contributed by atoms with van der Waals surface area (Å²) >= 11 is 0. The summed E-state index contributed by atoms with van der Waals surface area (Å²) in [5.41, 5.74) is 0.993. The van der Waals surface area contributed by atoms with Gasteiger partial charge >= 0.3 is 0 Å². The molecule has 0 atom stereocenters. The van der Waals surface area contributed by atoms with Gasteiger partial charge in [-0.3, -0.25) is 4.79 Å². The second-order valence-electron chi connectivity index (χ2n) is 5.91. The summed E-state index contributed by atoms with van der Waals surface area (Å²) in [6.07, 6.45) is 0.755. The predicted molar refractivity (Wildman–Crippen MR) is 102 cm³/mol. The Morgan fingerprint density at radius 2 is 1.93 bits per heavy atom. The molecule has 8 heteroatoms. The fourth-order valence-corrected chi connectivity index (χ4v) is 2.49. The van der Waals surface area contributed by atoms with Crippen LogP contribution >= 0.6 is 0 Å². The molecular formula is C20H18F2N4O2. The highest BCUT2D eigenvalue weighted by Gasteiger charge is 2.12. The van der Waals surface area contributed by atoms with Crippen molar-refractivity contribution >= 4 is 17.4 Å². The number of methoxy groups -OCH3 is 1. The van der Waals surface area contributed by atoms with Crippen molar-refractivity contribution in [2.75, 3.05) is 24.3 Å². The SMILES string of the molecule is COc1cccc(CCNc2ccc(C(=O)Nc3ccc(F)cc3F)nn2)c1. The lowest BCUT2D eigenvalue weighted by Gasteiger charge is -2.08. The minimum Gasteiger partial charge on any atom is -0.497 e. The molecule has 0 bridgehead atoms. The van der Waals surface area contributed by atoms with Crippen molar-refractivity contribution in [2.24, 2.45) is 0 Å². The number of amides is 1. The van der Waals surface area contributed by atoms with E-state index in [1.165, 1.54) is 6.07 Å². The largest absolute Gasteiger partial charge is 0.497 e. The first-order chi connectivity index (χ1) is 13.5. The average molecular weight is 384 g/mol. The lowest BCUT2D eigenvalue weighted by atomic mass is 10.1. The van der Waals surface area contributed by atoms with E-state index >= 15 is 0 Å². The van der Waals surface area contributed by atoms with E-state index in [1.807, 2.05) is 24.3 Å². The minimum absolute atomic E-state index is 0.0158. The van der Waals surface area contributed by atoms with Crippen LogP contribution in [0.3, 0.4) is 0 Å². The molecule has 0 radical (unpaired) electrons. The Hall–Kier alpha value is -3.55. The molecule has 3 aromatic rings. The molecule has 0 spiro atoms. The van der Waals surface area contributed by atoms with Crippen LogP contribution in [0.5, 0.6) is 5.75 Å². The van der Waals surface area contributed by atoms with Crippen LogP contribution in [0.4, 0.5) is 20.3 Å². The number of hydrogen-bond acceptors (Lipinski definition) is 5. The number of rotatable bonds is 7. The number of aromatic nitrogens is 2. The number of anilines is 2. The van der Waals surface area contributed by atoms with E-state index in [-0.39, 0.29) is 11.4 Å². The van der Waals surface area contributed by atoms with Gasteiger partial charge in [0, 0.05) is 12.6 Å². The third kappa shape index (κ3) is 5.00. The van der Waals surface area contributed by atoms with Gasteiger partial charge in [-0.25, -0.2) is 8.78 Å². The van der Waals surface area contributed by atoms with Crippen LogP contribution in [-0.2, 0) is 6.42 Å². The molecule has 1 amide bonds. The van der Waals surface area contributed by atoms with E-state index in [9.17, 15) is 13.6 Å². The van der Waals surface area contributed by atoms with Crippen LogP contribution in [0.1, 0.15) is 16.1 Å². The molecule has 0 aliphatic heterocycles. The van der Waals surface area contributed by atoms with Gasteiger partial charge in [0.1, 0.15) is 23.2 Å². The quantitative estimate of drug-likeness (QED) is 0.650. The van der Waals surface area contributed by atoms with E-state index in [2.05, 4.69) is 20.8 Å². The number of ether oxygens (including phenoxy) is 1. The molecule has 2 N–H and O–H groups in total. The number of benzene rings is 2. The maximum absolute atomic E-state index is 13.6. The van der Waals surface area contributed by atoms with E-state index < -0.39 is 17.5 Å². The Kier molecular flexibility index (Phi) is 6.11. The Balaban J connectivity index is 1.54. The monoisotopic (exact) mass is 384 g/mol. The highest BCUT2D eigenvalue weighted by atomic mass is 19.1. The first-order valence-corrected chi connectivity index (χ1v) is 8.52. The van der Waals surface area contributed by atoms with Crippen LogP contribution in [0.25, 0.3) is 0 Å². The summed E-state index contributed by atoms with van der Waals surface area (Å²) in [7, 11) is 1.62. The van der Waals surface area contributed by atoms with E-state index in [0.29, 0.717) is 18.4 Å². The van der Waals surface area contributed by atoms with Crippen LogP contribution in [0.15, 0.2) is 54.6 Å². The van der Waals surface area contributed by atoms with Crippen molar-refractivity contribution in [3.63, 3.8) is 0 Å². The molecule has 2 aromatic carbocycles. The number of nitrogens with zero attached hydrogens (tertiary/aromatic N) is 2. The van der Waals surface area contributed by atoms with Crippen molar-refractivity contribution in [3.8, 4) is 5.75 Å². The molecule has 0 saturated heterocycles. The van der Waals surface area contributed by atoms with Gasteiger partial charge < -0.3 is 15.4 Å². The molecule has 6 nitrogen and oxygen atoms in total. The first kappa shape index (κ1) is 19.2. The second-order valence-corrected chi connectivity index (χ2v) is 5.91. The summed E-state index contributed by atoms with van der Waals surface area (Å²) in [6.45, 7) is 0.619. The molecule has 0 aliphatic carbocycles. The summed E-state index contributed by atoms with van der Waals surface area (Å²) < 4.78 is 31.7. The molecule has 28 heavy (non-hydrogen) atoms. The van der Waals surface area contributed by atoms with Gasteiger partial charge in [-0.1, -0.05) is 12.1 Å². The lowest BCUT2D eigenvalue weighted by molar-refractivity contribution is 0.102. The molecule has 144 valence electrons. The number of nitrogens with one attached hydrogen (secondary N) is 2. The standard InChI is InChI=1S/C20H18F2N4O2/c1-28-15-4-2-3-13(11-15)9-10-23-19-8-7-18(25-26-19)20(27)24-17-6-5-14(21)12-16(17)22/h2-8,11-12H,9-10H2,1H3,(H,23,26)(H,24,27). The Morgan fingerprint density at radius 3 is 2.64 bits per heavy atom. The molecule has 0 fully saturated rings. The number of halogens is 2. The molecule has 0 aliphatic rings. The Labute approximate surface area is 160 Å². The van der Waals surface area contributed by atoms with E-state index in [0.717, 1.165) is 29.9 Å². The normalized spacial score (nSPS) is 10.4. The van der Waals surface area contributed by atoms with Gasteiger partial charge in [0.05, 0.1) is 12.8 Å². The molecular weight excluding hydrogens is 366 g/mol. The topological polar surface area (TPSA) is 76.1 Å². The maximum atomic E-state index is 13.6. The fourth-order valence-electron chi connectivity index (χ4n) is 2.49. The van der Waals surface area contributed by atoms with Crippen molar-refractivity contribution in [2.45, 2.75) is 6.42 Å². The molecule has 0 saturated carbocycles. The molecule has 1 aromatic heterocycles. The Morgan fingerprint density at radius 1 is 1.07 bits per heavy atom. The molecule has 0 unspecified atom stereocenters. The van der Waals surface area contributed by atoms with Crippen LogP contribution in [-0.4, -0.2) is 29.8 Å².